The van der Waals surface area contributed by atoms with Crippen LogP contribution < -0.4 is 5.56 Å². The molecule has 2 aliphatic heterocycles. The highest BCUT2D eigenvalue weighted by Crippen LogP contribution is 2.40. The molecule has 1 amide bonds. The first-order valence-electron chi connectivity index (χ1n) is 15.5. The van der Waals surface area contributed by atoms with Crippen LogP contribution in [0, 0.1) is 12.8 Å². The monoisotopic (exact) mass is 617 g/mol. The minimum absolute atomic E-state index is 0.0105. The number of allylic oxidation sites excluding steroid dienone is 1. The first-order chi connectivity index (χ1) is 21.5. The average Bonchev–Trinajstić information content (AvgIpc) is 3.24. The van der Waals surface area contributed by atoms with Crippen molar-refractivity contribution < 1.29 is 38.3 Å². The number of amides is 1. The molecule has 0 unspecified atom stereocenters. The summed E-state index contributed by atoms with van der Waals surface area (Å²) in [6.07, 6.45) is 2.02. The fourth-order valence-electron chi connectivity index (χ4n) is 5.65. The van der Waals surface area contributed by atoms with Crippen molar-refractivity contribution in [2.45, 2.75) is 38.9 Å². The standard InChI is InChI=1S/C32H47N3O9/c1-4-43-32-26(11-8-14-36)27(29-24(2)33(3)35(31(29)38)25-9-6-5-7-10-25)23-28(44-32)30(37)34-12-15-39-17-19-41-21-22-42-20-18-40-16-13-34/h5-7,9-10,23,26-27,32,36H,4,8,11-22H2,1-3H3/t26-,27+,32-/m1/s1. The van der Waals surface area contributed by atoms with Gasteiger partial charge >= 0.3 is 0 Å². The summed E-state index contributed by atoms with van der Waals surface area (Å²) < 4.78 is 38.2. The molecule has 2 aliphatic rings. The van der Waals surface area contributed by atoms with E-state index in [0.717, 1.165) is 11.4 Å². The van der Waals surface area contributed by atoms with Gasteiger partial charge in [0.15, 0.2) is 5.76 Å². The van der Waals surface area contributed by atoms with Gasteiger partial charge in [-0.15, -0.1) is 0 Å². The second kappa shape index (κ2) is 17.5. The molecule has 0 aliphatic carbocycles. The van der Waals surface area contributed by atoms with Gasteiger partial charge in [-0.25, -0.2) is 4.68 Å². The van der Waals surface area contributed by atoms with Gasteiger partial charge in [0.2, 0.25) is 6.29 Å². The predicted octanol–water partition coefficient (Wildman–Crippen LogP) is 2.14. The Morgan fingerprint density at radius 3 is 2.11 bits per heavy atom. The Morgan fingerprint density at radius 1 is 0.955 bits per heavy atom. The number of para-hydroxylation sites is 1. The highest BCUT2D eigenvalue weighted by Gasteiger charge is 2.41. The highest BCUT2D eigenvalue weighted by atomic mass is 16.7. The van der Waals surface area contributed by atoms with Crippen LogP contribution in [0.2, 0.25) is 0 Å². The van der Waals surface area contributed by atoms with Crippen molar-refractivity contribution in [1.29, 1.82) is 0 Å². The van der Waals surface area contributed by atoms with Crippen molar-refractivity contribution >= 4 is 5.91 Å². The molecule has 0 bridgehead atoms. The fraction of sp³-hybridized carbons (Fsp3) is 0.625. The van der Waals surface area contributed by atoms with Crippen molar-refractivity contribution in [2.75, 3.05) is 79.2 Å². The molecule has 0 saturated carbocycles. The van der Waals surface area contributed by atoms with Crippen molar-refractivity contribution in [3.63, 3.8) is 0 Å². The third-order valence-corrected chi connectivity index (χ3v) is 7.97. The average molecular weight is 618 g/mol. The second-order valence-electron chi connectivity index (χ2n) is 10.7. The summed E-state index contributed by atoms with van der Waals surface area (Å²) in [4.78, 5) is 29.8. The molecule has 244 valence electrons. The van der Waals surface area contributed by atoms with Gasteiger partial charge in [0.25, 0.3) is 11.5 Å². The minimum atomic E-state index is -0.782. The van der Waals surface area contributed by atoms with Crippen molar-refractivity contribution in [2.24, 2.45) is 13.0 Å². The molecule has 0 spiro atoms. The largest absolute Gasteiger partial charge is 0.459 e. The Bertz CT molecular complexity index is 1240. The summed E-state index contributed by atoms with van der Waals surface area (Å²) in [5.74, 6) is -1.00. The van der Waals surface area contributed by atoms with Crippen LogP contribution in [0.1, 0.15) is 36.9 Å². The summed E-state index contributed by atoms with van der Waals surface area (Å²) in [5, 5.41) is 9.70. The molecule has 1 aromatic heterocycles. The molecule has 3 atom stereocenters. The molecule has 1 N–H and O–H groups in total. The normalized spacial score (nSPS) is 22.9. The number of nitrogens with zero attached hydrogens (tertiary/aromatic N) is 3. The second-order valence-corrected chi connectivity index (χ2v) is 10.7. The van der Waals surface area contributed by atoms with Crippen LogP contribution in [-0.2, 0) is 40.3 Å². The smallest absolute Gasteiger partial charge is 0.288 e. The molecule has 2 aromatic rings. The summed E-state index contributed by atoms with van der Waals surface area (Å²) in [7, 11) is 1.85. The maximum atomic E-state index is 14.1. The lowest BCUT2D eigenvalue weighted by Crippen LogP contribution is -2.43. The highest BCUT2D eigenvalue weighted by molar-refractivity contribution is 5.91. The van der Waals surface area contributed by atoms with E-state index in [1.807, 2.05) is 55.9 Å². The van der Waals surface area contributed by atoms with Crippen molar-refractivity contribution in [3.8, 4) is 5.69 Å². The third-order valence-electron chi connectivity index (χ3n) is 7.97. The molecule has 12 heteroatoms. The number of ether oxygens (including phenoxy) is 6. The van der Waals surface area contributed by atoms with Crippen LogP contribution in [0.25, 0.3) is 5.69 Å². The molecule has 3 heterocycles. The zero-order valence-electron chi connectivity index (χ0n) is 26.2. The lowest BCUT2D eigenvalue weighted by atomic mass is 9.80. The van der Waals surface area contributed by atoms with E-state index in [-0.39, 0.29) is 29.8 Å². The van der Waals surface area contributed by atoms with E-state index in [4.69, 9.17) is 28.4 Å². The van der Waals surface area contributed by atoms with Crippen molar-refractivity contribution in [3.05, 3.63) is 63.8 Å². The van der Waals surface area contributed by atoms with Gasteiger partial charge in [0, 0.05) is 56.4 Å². The molecule has 1 aromatic carbocycles. The molecular weight excluding hydrogens is 570 g/mol. The summed E-state index contributed by atoms with van der Waals surface area (Å²) in [5.41, 5.74) is 1.92. The van der Waals surface area contributed by atoms with Gasteiger partial charge < -0.3 is 38.4 Å². The maximum Gasteiger partial charge on any atom is 0.288 e. The summed E-state index contributed by atoms with van der Waals surface area (Å²) in [6, 6.07) is 9.45. The molecule has 4 rings (SSSR count). The summed E-state index contributed by atoms with van der Waals surface area (Å²) in [6.45, 7) is 8.04. The van der Waals surface area contributed by atoms with E-state index >= 15 is 0 Å². The number of aliphatic hydroxyl groups excluding tert-OH is 1. The Balaban J connectivity index is 1.69. The predicted molar refractivity (Wildman–Crippen MR) is 163 cm³/mol. The summed E-state index contributed by atoms with van der Waals surface area (Å²) >= 11 is 0. The number of rotatable bonds is 8. The van der Waals surface area contributed by atoms with Gasteiger partial charge in [-0.1, -0.05) is 18.2 Å². The number of carbonyl (C=O) groups excluding carboxylic acids is 1. The zero-order valence-corrected chi connectivity index (χ0v) is 26.2. The van der Waals surface area contributed by atoms with Crippen molar-refractivity contribution in [1.82, 2.24) is 14.3 Å². The van der Waals surface area contributed by atoms with Gasteiger partial charge in [0.1, 0.15) is 0 Å². The van der Waals surface area contributed by atoms with Crippen LogP contribution in [0.4, 0.5) is 0 Å². The van der Waals surface area contributed by atoms with E-state index in [2.05, 4.69) is 0 Å². The minimum Gasteiger partial charge on any atom is -0.459 e. The number of aliphatic hydroxyl groups is 1. The van der Waals surface area contributed by atoms with Gasteiger partial charge in [0.05, 0.1) is 58.5 Å². The van der Waals surface area contributed by atoms with Gasteiger partial charge in [-0.05, 0) is 44.9 Å². The van der Waals surface area contributed by atoms with E-state index in [1.54, 1.807) is 15.7 Å². The number of aromatic nitrogens is 2. The zero-order chi connectivity index (χ0) is 31.3. The molecule has 0 radical (unpaired) electrons. The van der Waals surface area contributed by atoms with E-state index in [0.29, 0.717) is 91.0 Å². The Morgan fingerprint density at radius 2 is 1.55 bits per heavy atom. The van der Waals surface area contributed by atoms with Crippen LogP contribution in [0.3, 0.4) is 0 Å². The van der Waals surface area contributed by atoms with Crippen LogP contribution >= 0.6 is 0 Å². The maximum absolute atomic E-state index is 14.1. The Hall–Kier alpha value is -3.00. The molecule has 44 heavy (non-hydrogen) atoms. The topological polar surface area (TPSA) is 123 Å². The first kappa shape index (κ1) is 33.9. The third kappa shape index (κ3) is 8.58. The van der Waals surface area contributed by atoms with E-state index in [9.17, 15) is 14.7 Å². The fourth-order valence-corrected chi connectivity index (χ4v) is 5.65. The lowest BCUT2D eigenvalue weighted by molar-refractivity contribution is -0.171. The van der Waals surface area contributed by atoms with Crippen LogP contribution in [0.5, 0.6) is 0 Å². The van der Waals surface area contributed by atoms with Gasteiger partial charge in [-0.2, -0.15) is 0 Å². The van der Waals surface area contributed by atoms with Crippen LogP contribution in [-0.4, -0.2) is 111 Å². The molecular formula is C32H47N3O9. The quantitative estimate of drug-likeness (QED) is 0.475. The van der Waals surface area contributed by atoms with E-state index < -0.39 is 12.2 Å². The molecule has 1 saturated heterocycles. The van der Waals surface area contributed by atoms with Gasteiger partial charge in [-0.3, -0.25) is 14.3 Å². The number of carbonyl (C=O) groups is 1. The van der Waals surface area contributed by atoms with E-state index in [1.165, 1.54) is 0 Å². The van der Waals surface area contributed by atoms with Crippen LogP contribution in [0.15, 0.2) is 47.0 Å². The SMILES string of the molecule is CCO[C@@H]1OC(C(=O)N2CCOCCOCCOCCOCC2)=C[C@H](c2c(C)n(C)n(-c3ccccc3)c2=O)[C@H]1CCCO. The Labute approximate surface area is 259 Å². The number of benzene rings is 1. The molecule has 12 nitrogen and oxygen atoms in total. The number of hydrogen-bond donors (Lipinski definition) is 1. The Kier molecular flexibility index (Phi) is 13.5. The lowest BCUT2D eigenvalue weighted by Gasteiger charge is -2.37. The first-order valence-corrected chi connectivity index (χ1v) is 15.5. The number of hydrogen-bond acceptors (Lipinski definition) is 9. The molecule has 1 fully saturated rings.